The van der Waals surface area contributed by atoms with Crippen LogP contribution in [0.15, 0.2) is 36.9 Å². The maximum Gasteiger partial charge on any atom is 0.119 e. The Balaban J connectivity index is 2.20. The molecule has 102 valence electrons. The van der Waals surface area contributed by atoms with Gasteiger partial charge in [0.25, 0.3) is 0 Å². The van der Waals surface area contributed by atoms with Crippen LogP contribution in [-0.4, -0.2) is 34.4 Å². The Hall–Kier alpha value is -1.07. The van der Waals surface area contributed by atoms with Crippen molar-refractivity contribution in [3.8, 4) is 11.4 Å². The average molecular weight is 294 g/mol. The van der Waals surface area contributed by atoms with Crippen LogP contribution < -0.4 is 4.74 Å². The highest BCUT2D eigenvalue weighted by Crippen LogP contribution is 2.24. The molecule has 0 saturated carbocycles. The molecule has 0 unspecified atom stereocenters. The summed E-state index contributed by atoms with van der Waals surface area (Å²) in [6.07, 6.45) is 9.79. The molecule has 0 saturated heterocycles. The first-order valence-corrected chi connectivity index (χ1v) is 8.86. The van der Waals surface area contributed by atoms with E-state index in [4.69, 9.17) is 4.74 Å². The zero-order chi connectivity index (χ0) is 13.5. The Morgan fingerprint density at radius 3 is 2.84 bits per heavy atom. The molecule has 0 aliphatic heterocycles. The molecule has 0 atom stereocenters. The highest BCUT2D eigenvalue weighted by molar-refractivity contribution is 7.98. The molecule has 19 heavy (non-hydrogen) atoms. The number of hydrogen-bond donors (Lipinski definition) is 0. The van der Waals surface area contributed by atoms with Gasteiger partial charge in [-0.05, 0) is 36.3 Å². The van der Waals surface area contributed by atoms with Gasteiger partial charge in [-0.3, -0.25) is 0 Å². The minimum absolute atomic E-state index is 0.754. The molecular formula is C14H18N2OS2. The van der Waals surface area contributed by atoms with Crippen LogP contribution in [0.1, 0.15) is 5.56 Å². The summed E-state index contributed by atoms with van der Waals surface area (Å²) < 4.78 is 7.79. The Labute approximate surface area is 122 Å². The lowest BCUT2D eigenvalue weighted by molar-refractivity contribution is 0.344. The van der Waals surface area contributed by atoms with Crippen molar-refractivity contribution in [2.75, 3.05) is 24.9 Å². The van der Waals surface area contributed by atoms with E-state index in [0.29, 0.717) is 0 Å². The summed E-state index contributed by atoms with van der Waals surface area (Å²) in [7, 11) is 0. The Kier molecular flexibility index (Phi) is 5.66. The van der Waals surface area contributed by atoms with Crippen molar-refractivity contribution in [1.29, 1.82) is 0 Å². The zero-order valence-corrected chi connectivity index (χ0v) is 12.8. The highest BCUT2D eigenvalue weighted by Gasteiger charge is 2.06. The number of thioether (sulfide) groups is 2. The van der Waals surface area contributed by atoms with E-state index in [1.54, 1.807) is 18.0 Å². The van der Waals surface area contributed by atoms with Crippen LogP contribution in [0.3, 0.4) is 0 Å². The fourth-order valence-electron chi connectivity index (χ4n) is 1.82. The van der Waals surface area contributed by atoms with Crippen molar-refractivity contribution in [2.24, 2.45) is 0 Å². The van der Waals surface area contributed by atoms with Crippen molar-refractivity contribution in [2.45, 2.75) is 5.75 Å². The number of aromatic nitrogens is 2. The van der Waals surface area contributed by atoms with E-state index in [9.17, 15) is 0 Å². The first kappa shape index (κ1) is 14.3. The lowest BCUT2D eigenvalue weighted by atomic mass is 10.2. The maximum absolute atomic E-state index is 5.75. The smallest absolute Gasteiger partial charge is 0.119 e. The summed E-state index contributed by atoms with van der Waals surface area (Å²) in [5.74, 6) is 2.93. The van der Waals surface area contributed by atoms with E-state index in [2.05, 4.69) is 29.6 Å². The topological polar surface area (TPSA) is 27.1 Å². The van der Waals surface area contributed by atoms with Gasteiger partial charge in [0.2, 0.25) is 0 Å². The molecule has 2 aromatic rings. The number of benzene rings is 1. The molecule has 1 aromatic heterocycles. The minimum Gasteiger partial charge on any atom is -0.493 e. The van der Waals surface area contributed by atoms with Crippen LogP contribution in [0.4, 0.5) is 0 Å². The van der Waals surface area contributed by atoms with Gasteiger partial charge in [-0.15, -0.1) is 0 Å². The lowest BCUT2D eigenvalue weighted by Crippen LogP contribution is -2.02. The molecule has 0 bridgehead atoms. The zero-order valence-electron chi connectivity index (χ0n) is 11.2. The molecule has 0 radical (unpaired) electrons. The van der Waals surface area contributed by atoms with Crippen molar-refractivity contribution >= 4 is 23.5 Å². The highest BCUT2D eigenvalue weighted by atomic mass is 32.2. The Morgan fingerprint density at radius 1 is 1.26 bits per heavy atom. The van der Waals surface area contributed by atoms with Gasteiger partial charge in [-0.25, -0.2) is 4.98 Å². The van der Waals surface area contributed by atoms with E-state index in [0.717, 1.165) is 23.9 Å². The fraction of sp³-hybridized carbons (Fsp3) is 0.357. The summed E-state index contributed by atoms with van der Waals surface area (Å²) in [6, 6.07) is 6.26. The van der Waals surface area contributed by atoms with Gasteiger partial charge in [0.05, 0.1) is 18.6 Å². The van der Waals surface area contributed by atoms with Gasteiger partial charge in [0.15, 0.2) is 0 Å². The normalized spacial score (nSPS) is 10.6. The molecule has 0 aliphatic carbocycles. The number of nitrogens with zero attached hydrogens (tertiary/aromatic N) is 2. The van der Waals surface area contributed by atoms with Gasteiger partial charge in [-0.1, -0.05) is 0 Å². The summed E-state index contributed by atoms with van der Waals surface area (Å²) in [6.45, 7) is 0.754. The lowest BCUT2D eigenvalue weighted by Gasteiger charge is -2.12. The second-order valence-electron chi connectivity index (χ2n) is 4.03. The molecule has 2 rings (SSSR count). The number of ether oxygens (including phenoxy) is 1. The SMILES string of the molecule is CSCCOc1ccc(-n2ccnc2)c(CSC)c1. The Bertz CT molecular complexity index is 500. The van der Waals surface area contributed by atoms with Crippen molar-refractivity contribution in [3.63, 3.8) is 0 Å². The van der Waals surface area contributed by atoms with Gasteiger partial charge < -0.3 is 9.30 Å². The van der Waals surface area contributed by atoms with Gasteiger partial charge >= 0.3 is 0 Å². The number of hydrogen-bond acceptors (Lipinski definition) is 4. The number of imidazole rings is 1. The quantitative estimate of drug-likeness (QED) is 0.731. The van der Waals surface area contributed by atoms with Crippen molar-refractivity contribution in [1.82, 2.24) is 9.55 Å². The second kappa shape index (κ2) is 7.50. The second-order valence-corrected chi connectivity index (χ2v) is 5.89. The van der Waals surface area contributed by atoms with Gasteiger partial charge in [-0.2, -0.15) is 23.5 Å². The minimum atomic E-state index is 0.754. The van der Waals surface area contributed by atoms with Crippen LogP contribution in [0.5, 0.6) is 5.75 Å². The first-order chi connectivity index (χ1) is 9.35. The summed E-state index contributed by atoms with van der Waals surface area (Å²) in [4.78, 5) is 4.11. The van der Waals surface area contributed by atoms with E-state index < -0.39 is 0 Å². The average Bonchev–Trinajstić information content (AvgIpc) is 2.94. The van der Waals surface area contributed by atoms with Crippen LogP contribution >= 0.6 is 23.5 Å². The summed E-state index contributed by atoms with van der Waals surface area (Å²) in [5, 5.41) is 0. The van der Waals surface area contributed by atoms with Crippen molar-refractivity contribution < 1.29 is 4.74 Å². The largest absolute Gasteiger partial charge is 0.493 e. The monoisotopic (exact) mass is 294 g/mol. The first-order valence-electron chi connectivity index (χ1n) is 6.07. The molecule has 1 aromatic carbocycles. The van der Waals surface area contributed by atoms with E-state index in [-0.39, 0.29) is 0 Å². The molecule has 0 N–H and O–H groups in total. The van der Waals surface area contributed by atoms with E-state index >= 15 is 0 Å². The van der Waals surface area contributed by atoms with Crippen LogP contribution in [0, 0.1) is 0 Å². The molecule has 0 fully saturated rings. The molecule has 0 aliphatic rings. The third-order valence-corrected chi connectivity index (χ3v) is 3.86. The third kappa shape index (κ3) is 3.94. The molecule has 0 spiro atoms. The molecule has 3 nitrogen and oxygen atoms in total. The predicted octanol–water partition coefficient (Wildman–Crippen LogP) is 3.48. The van der Waals surface area contributed by atoms with Crippen LogP contribution in [-0.2, 0) is 5.75 Å². The fourth-order valence-corrected chi connectivity index (χ4v) is 2.61. The molecule has 1 heterocycles. The van der Waals surface area contributed by atoms with E-state index in [1.807, 2.05) is 34.9 Å². The number of rotatable bonds is 7. The Morgan fingerprint density at radius 2 is 2.16 bits per heavy atom. The summed E-state index contributed by atoms with van der Waals surface area (Å²) in [5.41, 5.74) is 2.44. The molecule has 5 heteroatoms. The summed E-state index contributed by atoms with van der Waals surface area (Å²) >= 11 is 3.60. The maximum atomic E-state index is 5.75. The van der Waals surface area contributed by atoms with Crippen LogP contribution in [0.2, 0.25) is 0 Å². The third-order valence-electron chi connectivity index (χ3n) is 2.69. The van der Waals surface area contributed by atoms with E-state index in [1.165, 1.54) is 11.3 Å². The van der Waals surface area contributed by atoms with Crippen molar-refractivity contribution in [3.05, 3.63) is 42.5 Å². The molecular weight excluding hydrogens is 276 g/mol. The van der Waals surface area contributed by atoms with Gasteiger partial charge in [0, 0.05) is 23.9 Å². The van der Waals surface area contributed by atoms with Crippen LogP contribution in [0.25, 0.3) is 5.69 Å². The molecule has 0 amide bonds. The van der Waals surface area contributed by atoms with Gasteiger partial charge in [0.1, 0.15) is 5.75 Å². The predicted molar refractivity (Wildman–Crippen MR) is 84.7 cm³/mol. The standard InChI is InChI=1S/C14H18N2OS2/c1-18-8-7-17-13-3-4-14(12(9-13)10-19-2)16-6-5-15-11-16/h3-6,9,11H,7-8,10H2,1-2H3.